The fourth-order valence-electron chi connectivity index (χ4n) is 3.54. The lowest BCUT2D eigenvalue weighted by Gasteiger charge is -2.17. The van der Waals surface area contributed by atoms with Gasteiger partial charge in [-0.1, -0.05) is 12.1 Å². The first-order valence-electron chi connectivity index (χ1n) is 10.1. The minimum Gasteiger partial charge on any atom is -0.462 e. The second-order valence-corrected chi connectivity index (χ2v) is 7.31. The number of carbonyl (C=O) groups is 3. The second-order valence-electron chi connectivity index (χ2n) is 7.31. The number of ether oxygens (including phenoxy) is 1. The minimum absolute atomic E-state index is 0.194. The summed E-state index contributed by atoms with van der Waals surface area (Å²) in [6.45, 7) is 2.61. The molecule has 0 spiro atoms. The number of anilines is 1. The van der Waals surface area contributed by atoms with Crippen LogP contribution in [0.25, 0.3) is 0 Å². The average Bonchev–Trinajstić information content (AvgIpc) is 3.45. The van der Waals surface area contributed by atoms with Gasteiger partial charge in [-0.15, -0.1) is 0 Å². The van der Waals surface area contributed by atoms with Crippen LogP contribution in [0, 0.1) is 0 Å². The third-order valence-electron chi connectivity index (χ3n) is 5.12. The third-order valence-corrected chi connectivity index (χ3v) is 5.12. The van der Waals surface area contributed by atoms with Crippen LogP contribution in [0.2, 0.25) is 0 Å². The van der Waals surface area contributed by atoms with E-state index in [1.807, 2.05) is 4.57 Å². The zero-order chi connectivity index (χ0) is 20.4. The lowest BCUT2D eigenvalue weighted by Crippen LogP contribution is -2.27. The summed E-state index contributed by atoms with van der Waals surface area (Å²) in [5.41, 5.74) is 1.77. The van der Waals surface area contributed by atoms with Gasteiger partial charge in [0.15, 0.2) is 5.82 Å². The van der Waals surface area contributed by atoms with Gasteiger partial charge in [0.05, 0.1) is 23.6 Å². The number of nitrogens with one attached hydrogen (secondary N) is 2. The molecule has 1 aromatic heterocycles. The van der Waals surface area contributed by atoms with Gasteiger partial charge in [0, 0.05) is 12.6 Å². The molecular weight excluding hydrogens is 372 g/mol. The number of aromatic nitrogens is 2. The lowest BCUT2D eigenvalue weighted by molar-refractivity contribution is 0.0527. The molecule has 0 radical (unpaired) electrons. The van der Waals surface area contributed by atoms with Crippen LogP contribution in [0.4, 0.5) is 5.69 Å². The number of nitrogens with zero attached hydrogens (tertiary/aromatic N) is 2. The molecule has 2 amide bonds. The number of hydrogen-bond acceptors (Lipinski definition) is 5. The normalized spacial score (nSPS) is 15.3. The fourth-order valence-corrected chi connectivity index (χ4v) is 3.54. The highest BCUT2D eigenvalue weighted by molar-refractivity contribution is 6.07. The minimum atomic E-state index is -0.502. The van der Waals surface area contributed by atoms with E-state index < -0.39 is 11.9 Å². The lowest BCUT2D eigenvalue weighted by atomic mass is 10.1. The summed E-state index contributed by atoms with van der Waals surface area (Å²) in [5, 5.41) is 5.72. The van der Waals surface area contributed by atoms with Crippen LogP contribution in [0.5, 0.6) is 0 Å². The van der Waals surface area contributed by atoms with E-state index in [9.17, 15) is 14.4 Å². The third kappa shape index (κ3) is 4.01. The van der Waals surface area contributed by atoms with Crippen LogP contribution < -0.4 is 10.6 Å². The Bertz CT molecular complexity index is 962. The first kappa shape index (κ1) is 19.2. The average molecular weight is 396 g/mol. The predicted molar refractivity (Wildman–Crippen MR) is 106 cm³/mol. The van der Waals surface area contributed by atoms with Crippen molar-refractivity contribution in [1.29, 1.82) is 0 Å². The number of rotatable bonds is 6. The first-order valence-corrected chi connectivity index (χ1v) is 10.1. The van der Waals surface area contributed by atoms with Crippen molar-refractivity contribution in [1.82, 2.24) is 14.9 Å². The number of hydrogen-bond donors (Lipinski definition) is 2. The summed E-state index contributed by atoms with van der Waals surface area (Å²) in [6, 6.07) is 6.90. The van der Waals surface area contributed by atoms with Gasteiger partial charge in [-0.05, 0) is 51.2 Å². The molecule has 4 rings (SSSR count). The Hall–Kier alpha value is -3.16. The van der Waals surface area contributed by atoms with Gasteiger partial charge in [0.25, 0.3) is 11.8 Å². The molecular formula is C21H24N4O4. The molecule has 8 heteroatoms. The number of carbonyl (C=O) groups excluding carboxylic acids is 3. The van der Waals surface area contributed by atoms with Crippen molar-refractivity contribution >= 4 is 23.5 Å². The van der Waals surface area contributed by atoms with Crippen LogP contribution >= 0.6 is 0 Å². The highest BCUT2D eigenvalue weighted by Gasteiger charge is 2.31. The summed E-state index contributed by atoms with van der Waals surface area (Å²) >= 11 is 0. The van der Waals surface area contributed by atoms with Gasteiger partial charge in [-0.3, -0.25) is 9.59 Å². The van der Waals surface area contributed by atoms with Crippen molar-refractivity contribution in [3.63, 3.8) is 0 Å². The Labute approximate surface area is 168 Å². The van der Waals surface area contributed by atoms with Crippen molar-refractivity contribution in [2.45, 2.75) is 51.6 Å². The van der Waals surface area contributed by atoms with Crippen LogP contribution in [0.3, 0.4) is 0 Å². The standard InChI is InChI=1S/C21H24N4O4/c1-2-29-21(28)14-7-3-4-8-15(14)23-20(27)18-24-17(19(26)22-13-10-11-13)16-9-5-6-12-25(16)18/h3-4,7-8,13H,2,5-6,9-12H2,1H3,(H,22,26)(H,23,27). The van der Waals surface area contributed by atoms with E-state index >= 15 is 0 Å². The molecule has 1 aliphatic heterocycles. The molecule has 29 heavy (non-hydrogen) atoms. The number of para-hydroxylation sites is 1. The summed E-state index contributed by atoms with van der Waals surface area (Å²) in [5.74, 6) is -0.975. The van der Waals surface area contributed by atoms with Gasteiger partial charge < -0.3 is 19.9 Å². The number of fused-ring (bicyclic) bond motifs is 1. The Morgan fingerprint density at radius 2 is 1.97 bits per heavy atom. The second kappa shape index (κ2) is 8.06. The Balaban J connectivity index is 1.62. The van der Waals surface area contributed by atoms with Crippen molar-refractivity contribution in [2.24, 2.45) is 0 Å². The van der Waals surface area contributed by atoms with Crippen LogP contribution in [0.15, 0.2) is 24.3 Å². The maximum Gasteiger partial charge on any atom is 0.340 e. The summed E-state index contributed by atoms with van der Waals surface area (Å²) in [7, 11) is 0. The molecule has 2 aliphatic rings. The molecule has 152 valence electrons. The smallest absolute Gasteiger partial charge is 0.340 e. The summed E-state index contributed by atoms with van der Waals surface area (Å²) in [6.07, 6.45) is 4.57. The van der Waals surface area contributed by atoms with Crippen LogP contribution in [-0.4, -0.2) is 40.0 Å². The summed E-state index contributed by atoms with van der Waals surface area (Å²) in [4.78, 5) is 42.2. The molecule has 1 saturated carbocycles. The quantitative estimate of drug-likeness (QED) is 0.731. The van der Waals surface area contributed by atoms with E-state index in [1.165, 1.54) is 0 Å². The molecule has 1 fully saturated rings. The van der Waals surface area contributed by atoms with Gasteiger partial charge in [0.2, 0.25) is 0 Å². The number of benzene rings is 1. The highest BCUT2D eigenvalue weighted by atomic mass is 16.5. The Kier molecular flexibility index (Phi) is 5.33. The zero-order valence-corrected chi connectivity index (χ0v) is 16.4. The van der Waals surface area contributed by atoms with Crippen LogP contribution in [0.1, 0.15) is 69.8 Å². The Morgan fingerprint density at radius 1 is 1.17 bits per heavy atom. The maximum atomic E-state index is 13.0. The van der Waals surface area contributed by atoms with Gasteiger partial charge in [-0.2, -0.15) is 0 Å². The van der Waals surface area contributed by atoms with Crippen molar-refractivity contribution < 1.29 is 19.1 Å². The maximum absolute atomic E-state index is 13.0. The van der Waals surface area contributed by atoms with Crippen molar-refractivity contribution in [3.05, 3.63) is 47.0 Å². The summed E-state index contributed by atoms with van der Waals surface area (Å²) < 4.78 is 6.89. The molecule has 2 N–H and O–H groups in total. The molecule has 0 atom stereocenters. The molecule has 1 aliphatic carbocycles. The monoisotopic (exact) mass is 396 g/mol. The van der Waals surface area contributed by atoms with E-state index in [0.717, 1.165) is 31.4 Å². The van der Waals surface area contributed by atoms with E-state index in [4.69, 9.17) is 4.74 Å². The van der Waals surface area contributed by atoms with Gasteiger partial charge in [-0.25, -0.2) is 9.78 Å². The van der Waals surface area contributed by atoms with E-state index in [-0.39, 0.29) is 29.9 Å². The van der Waals surface area contributed by atoms with Crippen molar-refractivity contribution in [3.8, 4) is 0 Å². The molecule has 0 bridgehead atoms. The van der Waals surface area contributed by atoms with Gasteiger partial charge in [0.1, 0.15) is 5.69 Å². The van der Waals surface area contributed by atoms with Crippen LogP contribution in [-0.2, 0) is 17.7 Å². The largest absolute Gasteiger partial charge is 0.462 e. The van der Waals surface area contributed by atoms with Gasteiger partial charge >= 0.3 is 5.97 Å². The zero-order valence-electron chi connectivity index (χ0n) is 16.4. The van der Waals surface area contributed by atoms with E-state index in [0.29, 0.717) is 24.3 Å². The highest BCUT2D eigenvalue weighted by Crippen LogP contribution is 2.25. The Morgan fingerprint density at radius 3 is 2.72 bits per heavy atom. The number of amides is 2. The molecule has 1 aromatic carbocycles. The topological polar surface area (TPSA) is 102 Å². The molecule has 0 saturated heterocycles. The number of imidazole rings is 1. The fraction of sp³-hybridized carbons (Fsp3) is 0.429. The SMILES string of the molecule is CCOC(=O)c1ccccc1NC(=O)c1nc(C(=O)NC2CC2)c2n1CCCC2. The predicted octanol–water partition coefficient (Wildman–Crippen LogP) is 2.54. The molecule has 2 aromatic rings. The van der Waals surface area contributed by atoms with E-state index in [2.05, 4.69) is 15.6 Å². The van der Waals surface area contributed by atoms with E-state index in [1.54, 1.807) is 31.2 Å². The first-order chi connectivity index (χ1) is 14.1. The molecule has 0 unspecified atom stereocenters. The number of esters is 1. The molecule has 2 heterocycles. The molecule has 8 nitrogen and oxygen atoms in total. The van der Waals surface area contributed by atoms with Crippen molar-refractivity contribution in [2.75, 3.05) is 11.9 Å².